The molecule has 0 bridgehead atoms. The van der Waals surface area contributed by atoms with Crippen molar-refractivity contribution in [3.05, 3.63) is 76.5 Å². The molecular formula is C29H40Cl2Si3Zr. The summed E-state index contributed by atoms with van der Waals surface area (Å²) in [5, 5.41) is 8.44. The monoisotopic (exact) mass is 632 g/mol. The fraction of sp³-hybridized carbons (Fsp3) is 0.414. The quantitative estimate of drug-likeness (QED) is 0.255. The molecule has 2 aliphatic carbocycles. The molecule has 2 aromatic carbocycles. The molecule has 186 valence electrons. The van der Waals surface area contributed by atoms with Crippen LogP contribution in [0.25, 0.3) is 11.3 Å². The van der Waals surface area contributed by atoms with Crippen LogP contribution in [0.4, 0.5) is 0 Å². The third-order valence-corrected chi connectivity index (χ3v) is 14.1. The molecular weight excluding hydrogens is 595 g/mol. The van der Waals surface area contributed by atoms with Crippen LogP contribution in [0.3, 0.4) is 0 Å². The van der Waals surface area contributed by atoms with E-state index in [-0.39, 0.29) is 61.8 Å². The van der Waals surface area contributed by atoms with Gasteiger partial charge in [0.15, 0.2) is 0 Å². The van der Waals surface area contributed by atoms with Crippen molar-refractivity contribution < 1.29 is 51.0 Å². The maximum Gasteiger partial charge on any atom is 4.00 e. The maximum absolute atomic E-state index is 3.92. The molecule has 0 spiro atoms. The Morgan fingerprint density at radius 1 is 0.914 bits per heavy atom. The van der Waals surface area contributed by atoms with Crippen molar-refractivity contribution in [1.29, 1.82) is 0 Å². The van der Waals surface area contributed by atoms with Gasteiger partial charge in [0.25, 0.3) is 0 Å². The second-order valence-electron chi connectivity index (χ2n) is 11.1. The summed E-state index contributed by atoms with van der Waals surface area (Å²) in [6.07, 6.45) is 6.28. The number of hydrogen-bond acceptors (Lipinski definition) is 0. The van der Waals surface area contributed by atoms with Gasteiger partial charge in [0.05, 0.1) is 8.07 Å². The molecule has 0 amide bonds. The summed E-state index contributed by atoms with van der Waals surface area (Å²) < 4.78 is 0. The largest absolute Gasteiger partial charge is 4.00 e. The molecule has 0 saturated heterocycles. The summed E-state index contributed by atoms with van der Waals surface area (Å²) in [5.74, 6) is 1.17. The van der Waals surface area contributed by atoms with E-state index in [4.69, 9.17) is 0 Å². The van der Waals surface area contributed by atoms with E-state index in [2.05, 4.69) is 121 Å². The van der Waals surface area contributed by atoms with E-state index in [9.17, 15) is 0 Å². The number of rotatable bonds is 4. The molecule has 0 unspecified atom stereocenters. The summed E-state index contributed by atoms with van der Waals surface area (Å²) >= 11 is 0. The summed E-state index contributed by atoms with van der Waals surface area (Å²) in [6, 6.07) is 17.6. The zero-order chi connectivity index (χ0) is 23.9. The molecule has 2 aliphatic rings. The summed E-state index contributed by atoms with van der Waals surface area (Å²) in [7, 11) is 2.50. The number of halogens is 2. The van der Waals surface area contributed by atoms with Gasteiger partial charge in [-0.05, 0) is 27.1 Å². The first-order valence-electron chi connectivity index (χ1n) is 11.9. The van der Waals surface area contributed by atoms with Crippen LogP contribution >= 0.6 is 0 Å². The molecule has 0 fully saturated rings. The minimum atomic E-state index is -1.51. The van der Waals surface area contributed by atoms with Gasteiger partial charge in [-0.3, -0.25) is 0 Å². The Hall–Kier alpha value is -0.0962. The standard InChI is InChI=1S/C18H27Si2.C11H13Si.2ClH.Zr/c1-13(2)18(14(3)4)11-15-9-7-8-10-16(15)17(18)20(5,6)12-19;1-11(2)7-10(12)8-5-3-4-6-9(8)11;;;/h7-10,12-14H,19H2,1-6H3;3-7H,12H2,1-2H3;2*1H;/q2*-1;;;+4/p-2. The van der Waals surface area contributed by atoms with E-state index in [0.29, 0.717) is 11.8 Å². The Morgan fingerprint density at radius 3 is 1.94 bits per heavy atom. The minimum absolute atomic E-state index is 0. The van der Waals surface area contributed by atoms with Crippen molar-refractivity contribution in [2.75, 3.05) is 0 Å². The van der Waals surface area contributed by atoms with E-state index in [1.54, 1.807) is 5.20 Å². The van der Waals surface area contributed by atoms with E-state index in [1.807, 2.05) is 19.7 Å². The van der Waals surface area contributed by atoms with Gasteiger partial charge in [0.2, 0.25) is 0 Å². The van der Waals surface area contributed by atoms with Crippen LogP contribution < -0.4 is 35.3 Å². The first-order chi connectivity index (χ1) is 14.9. The molecule has 0 N–H and O–H groups in total. The van der Waals surface area contributed by atoms with Gasteiger partial charge in [-0.25, -0.2) is 11.6 Å². The number of fused-ring (bicyclic) bond motifs is 2. The van der Waals surface area contributed by atoms with Crippen LogP contribution in [-0.2, 0) is 31.6 Å². The Labute approximate surface area is 252 Å². The van der Waals surface area contributed by atoms with Crippen LogP contribution in [0, 0.1) is 23.7 Å². The molecule has 2 aromatic rings. The smallest absolute Gasteiger partial charge is 1.00 e. The Balaban J connectivity index is 0.000000668. The van der Waals surface area contributed by atoms with Crippen molar-refractivity contribution in [3.8, 4) is 0 Å². The Bertz CT molecular complexity index is 1160. The fourth-order valence-corrected chi connectivity index (χ4v) is 10.0. The molecule has 0 atom stereocenters. The summed E-state index contributed by atoms with van der Waals surface area (Å²) in [5.41, 5.74) is 3.25. The average Bonchev–Trinajstić information content (AvgIpc) is 3.22. The van der Waals surface area contributed by atoms with Gasteiger partial charge in [-0.2, -0.15) is 22.9 Å². The third kappa shape index (κ3) is 6.49. The van der Waals surface area contributed by atoms with Gasteiger partial charge in [-0.15, -0.1) is 39.5 Å². The molecule has 0 radical (unpaired) electrons. The van der Waals surface area contributed by atoms with Gasteiger partial charge in [-0.1, -0.05) is 94.2 Å². The normalized spacial score (nSPS) is 16.3. The van der Waals surface area contributed by atoms with E-state index >= 15 is 0 Å². The third-order valence-electron chi connectivity index (χ3n) is 7.43. The van der Waals surface area contributed by atoms with Gasteiger partial charge < -0.3 is 24.8 Å². The predicted molar refractivity (Wildman–Crippen MR) is 153 cm³/mol. The van der Waals surface area contributed by atoms with E-state index in [0.717, 1.165) is 0 Å². The van der Waals surface area contributed by atoms with Crippen molar-refractivity contribution in [2.24, 2.45) is 17.3 Å². The van der Waals surface area contributed by atoms with E-state index < -0.39 is 8.07 Å². The number of benzene rings is 2. The van der Waals surface area contributed by atoms with Gasteiger partial charge in [0.1, 0.15) is 0 Å². The van der Waals surface area contributed by atoms with Crippen LogP contribution in [0.2, 0.25) is 13.1 Å². The molecule has 0 aliphatic heterocycles. The second kappa shape index (κ2) is 13.1. The van der Waals surface area contributed by atoms with Crippen LogP contribution in [0.15, 0.2) is 48.5 Å². The van der Waals surface area contributed by atoms with Crippen molar-refractivity contribution in [3.63, 3.8) is 0 Å². The van der Waals surface area contributed by atoms with Crippen molar-refractivity contribution >= 4 is 49.5 Å². The SMILES string of the molecule is CC(C)C1(C(C)C)[C-]=c2ccccc2=C1[Si](C)(C)C=[SiH2].CC1(C)[CH-]C(=[SiH2])c2ccccc21.[Cl-].[Cl-].[Zr+4]. The molecule has 0 aromatic heterocycles. The number of hydrogen-bond donors (Lipinski definition) is 0. The molecule has 6 heteroatoms. The van der Waals surface area contributed by atoms with Crippen molar-refractivity contribution in [1.82, 2.24) is 0 Å². The van der Waals surface area contributed by atoms with Gasteiger partial charge in [0, 0.05) is 0 Å². The van der Waals surface area contributed by atoms with Crippen LogP contribution in [0.5, 0.6) is 0 Å². The second-order valence-corrected chi connectivity index (χ2v) is 17.4. The zero-order valence-corrected chi connectivity index (χ0v) is 30.4. The molecule has 0 nitrogen and oxygen atoms in total. The maximum atomic E-state index is 3.92. The van der Waals surface area contributed by atoms with Gasteiger partial charge >= 0.3 is 26.2 Å². The first kappa shape index (κ1) is 34.9. The fourth-order valence-electron chi connectivity index (χ4n) is 5.75. The first-order valence-corrected chi connectivity index (χ1v) is 16.5. The minimum Gasteiger partial charge on any atom is -1.00 e. The topological polar surface area (TPSA) is 0 Å². The zero-order valence-electron chi connectivity index (χ0n) is 22.6. The van der Waals surface area contributed by atoms with E-state index in [1.165, 1.54) is 26.7 Å². The van der Waals surface area contributed by atoms with Crippen LogP contribution in [0.1, 0.15) is 52.7 Å². The molecule has 0 heterocycles. The Kier molecular flexibility index (Phi) is 13.1. The summed E-state index contributed by atoms with van der Waals surface area (Å²) in [4.78, 5) is 0. The molecule has 0 saturated carbocycles. The predicted octanol–water partition coefficient (Wildman–Crippen LogP) is -2.63. The van der Waals surface area contributed by atoms with Crippen molar-refractivity contribution in [2.45, 2.75) is 60.1 Å². The molecule has 35 heavy (non-hydrogen) atoms. The average molecular weight is 635 g/mol. The van der Waals surface area contributed by atoms with Crippen LogP contribution in [-0.4, -0.2) is 38.2 Å². The molecule has 4 rings (SSSR count). The Morgan fingerprint density at radius 2 is 1.43 bits per heavy atom. The summed E-state index contributed by atoms with van der Waals surface area (Å²) in [6.45, 7) is 19.0.